The van der Waals surface area contributed by atoms with E-state index in [0.717, 1.165) is 24.2 Å². The lowest BCUT2D eigenvalue weighted by atomic mass is 9.92. The minimum atomic E-state index is -0.636. The van der Waals surface area contributed by atoms with E-state index in [2.05, 4.69) is 18.9 Å². The molecule has 7 nitrogen and oxygen atoms in total. The van der Waals surface area contributed by atoms with E-state index < -0.39 is 5.76 Å². The molecule has 2 aromatic heterocycles. The van der Waals surface area contributed by atoms with Crippen LogP contribution in [0.3, 0.4) is 0 Å². The Labute approximate surface area is 127 Å². The van der Waals surface area contributed by atoms with Crippen LogP contribution in [0.5, 0.6) is 0 Å². The molecule has 0 unspecified atom stereocenters. The number of piperidine rings is 1. The Bertz CT molecular complexity index is 691. The molecule has 22 heavy (non-hydrogen) atoms. The third-order valence-corrected chi connectivity index (χ3v) is 3.88. The number of furan rings is 1. The Morgan fingerprint density at radius 3 is 2.73 bits per heavy atom. The van der Waals surface area contributed by atoms with Gasteiger partial charge in [-0.05, 0) is 24.3 Å². The number of aromatic nitrogens is 2. The highest BCUT2D eigenvalue weighted by molar-refractivity contribution is 5.76. The van der Waals surface area contributed by atoms with Crippen molar-refractivity contribution in [2.24, 2.45) is 11.8 Å². The van der Waals surface area contributed by atoms with Crippen LogP contribution in [0.2, 0.25) is 0 Å². The van der Waals surface area contributed by atoms with Crippen LogP contribution in [0.1, 0.15) is 20.3 Å². The van der Waals surface area contributed by atoms with Crippen molar-refractivity contribution >= 4 is 5.91 Å². The van der Waals surface area contributed by atoms with Gasteiger partial charge in [-0.25, -0.2) is 4.79 Å². The largest absolute Gasteiger partial charge is 0.472 e. The van der Waals surface area contributed by atoms with Gasteiger partial charge in [0.25, 0.3) is 5.89 Å². The predicted molar refractivity (Wildman–Crippen MR) is 78.0 cm³/mol. The number of amides is 1. The molecule has 118 valence electrons. The van der Waals surface area contributed by atoms with Gasteiger partial charge in [0.05, 0.1) is 11.8 Å². The fourth-order valence-electron chi connectivity index (χ4n) is 3.00. The highest BCUT2D eigenvalue weighted by atomic mass is 16.4. The summed E-state index contributed by atoms with van der Waals surface area (Å²) >= 11 is 0. The van der Waals surface area contributed by atoms with Crippen LogP contribution in [0, 0.1) is 11.8 Å². The Morgan fingerprint density at radius 2 is 2.09 bits per heavy atom. The van der Waals surface area contributed by atoms with Crippen molar-refractivity contribution in [1.82, 2.24) is 14.7 Å². The van der Waals surface area contributed by atoms with Crippen molar-refractivity contribution in [3.63, 3.8) is 0 Å². The van der Waals surface area contributed by atoms with Crippen LogP contribution in [0.15, 0.2) is 32.2 Å². The second kappa shape index (κ2) is 5.82. The average molecular weight is 305 g/mol. The van der Waals surface area contributed by atoms with Gasteiger partial charge in [-0.1, -0.05) is 13.8 Å². The van der Waals surface area contributed by atoms with Crippen LogP contribution in [-0.4, -0.2) is 33.7 Å². The number of nitrogens with zero attached hydrogens (tertiary/aromatic N) is 3. The topological polar surface area (TPSA) is 81.5 Å². The van der Waals surface area contributed by atoms with Gasteiger partial charge in [-0.2, -0.15) is 4.68 Å². The number of hydrogen-bond donors (Lipinski definition) is 0. The molecule has 1 saturated heterocycles. The van der Waals surface area contributed by atoms with Crippen LogP contribution in [-0.2, 0) is 11.3 Å². The molecule has 0 aromatic carbocycles. The van der Waals surface area contributed by atoms with E-state index in [1.165, 1.54) is 12.5 Å². The fraction of sp³-hybridized carbons (Fsp3) is 0.533. The van der Waals surface area contributed by atoms with Gasteiger partial charge in [0.2, 0.25) is 5.91 Å². The van der Waals surface area contributed by atoms with Crippen molar-refractivity contribution in [2.45, 2.75) is 26.8 Å². The maximum absolute atomic E-state index is 12.4. The van der Waals surface area contributed by atoms with Crippen LogP contribution in [0.25, 0.3) is 11.5 Å². The summed E-state index contributed by atoms with van der Waals surface area (Å²) in [7, 11) is 0. The summed E-state index contributed by atoms with van der Waals surface area (Å²) in [4.78, 5) is 26.0. The Kier molecular flexibility index (Phi) is 3.87. The molecule has 0 bridgehead atoms. The smallest absolute Gasteiger partial charge is 0.437 e. The first-order valence-corrected chi connectivity index (χ1v) is 7.41. The van der Waals surface area contributed by atoms with Crippen molar-refractivity contribution in [1.29, 1.82) is 0 Å². The molecule has 2 aromatic rings. The van der Waals surface area contributed by atoms with Crippen LogP contribution < -0.4 is 5.76 Å². The zero-order chi connectivity index (χ0) is 15.7. The van der Waals surface area contributed by atoms with E-state index in [-0.39, 0.29) is 18.3 Å². The minimum absolute atomic E-state index is 0.0976. The van der Waals surface area contributed by atoms with Crippen molar-refractivity contribution in [2.75, 3.05) is 13.1 Å². The van der Waals surface area contributed by atoms with Crippen molar-refractivity contribution in [3.8, 4) is 11.5 Å². The summed E-state index contributed by atoms with van der Waals surface area (Å²) in [5.74, 6) is 0.369. The number of carbonyl (C=O) groups excluding carboxylic acids is 1. The molecule has 1 aliphatic heterocycles. The number of rotatable bonds is 3. The van der Waals surface area contributed by atoms with E-state index in [1.807, 2.05) is 0 Å². The lowest BCUT2D eigenvalue weighted by molar-refractivity contribution is -0.134. The summed E-state index contributed by atoms with van der Waals surface area (Å²) in [5, 5.41) is 4.06. The van der Waals surface area contributed by atoms with Crippen LogP contribution >= 0.6 is 0 Å². The molecule has 0 N–H and O–H groups in total. The molecular weight excluding hydrogens is 286 g/mol. The summed E-state index contributed by atoms with van der Waals surface area (Å²) in [6, 6.07) is 1.64. The Balaban J connectivity index is 1.73. The van der Waals surface area contributed by atoms with Gasteiger partial charge in [0.1, 0.15) is 12.8 Å². The van der Waals surface area contributed by atoms with Gasteiger partial charge in [-0.15, -0.1) is 5.10 Å². The third kappa shape index (κ3) is 2.98. The molecule has 2 atom stereocenters. The van der Waals surface area contributed by atoms with E-state index in [9.17, 15) is 9.59 Å². The maximum Gasteiger partial charge on any atom is 0.437 e. The molecule has 1 aliphatic rings. The summed E-state index contributed by atoms with van der Waals surface area (Å²) < 4.78 is 11.1. The molecule has 0 aliphatic carbocycles. The molecule has 0 radical (unpaired) electrons. The van der Waals surface area contributed by atoms with Gasteiger partial charge in [0.15, 0.2) is 0 Å². The minimum Gasteiger partial charge on any atom is -0.472 e. The van der Waals surface area contributed by atoms with Crippen molar-refractivity contribution < 1.29 is 13.6 Å². The first-order valence-electron chi connectivity index (χ1n) is 7.41. The highest BCUT2D eigenvalue weighted by Crippen LogP contribution is 2.21. The summed E-state index contributed by atoms with van der Waals surface area (Å²) in [6.45, 7) is 5.62. The van der Waals surface area contributed by atoms with E-state index in [4.69, 9.17) is 8.83 Å². The second-order valence-electron chi connectivity index (χ2n) is 6.09. The lowest BCUT2D eigenvalue weighted by Crippen LogP contribution is -2.44. The molecule has 1 amide bonds. The maximum atomic E-state index is 12.4. The monoisotopic (exact) mass is 305 g/mol. The first kappa shape index (κ1) is 14.6. The number of hydrogen-bond acceptors (Lipinski definition) is 5. The molecule has 3 heterocycles. The zero-order valence-corrected chi connectivity index (χ0v) is 12.7. The van der Waals surface area contributed by atoms with Crippen molar-refractivity contribution in [3.05, 3.63) is 29.1 Å². The quantitative estimate of drug-likeness (QED) is 0.860. The van der Waals surface area contributed by atoms with Gasteiger partial charge in [-0.3, -0.25) is 4.79 Å². The molecule has 3 rings (SSSR count). The van der Waals surface area contributed by atoms with E-state index >= 15 is 0 Å². The number of likely N-dealkylation sites (tertiary alicyclic amines) is 1. The van der Waals surface area contributed by atoms with E-state index in [1.54, 1.807) is 11.0 Å². The van der Waals surface area contributed by atoms with Gasteiger partial charge < -0.3 is 13.7 Å². The molecule has 7 heteroatoms. The second-order valence-corrected chi connectivity index (χ2v) is 6.09. The van der Waals surface area contributed by atoms with E-state index in [0.29, 0.717) is 17.4 Å². The number of carbonyl (C=O) groups is 1. The third-order valence-electron chi connectivity index (χ3n) is 3.88. The Hall–Kier alpha value is -2.31. The average Bonchev–Trinajstić information content (AvgIpc) is 3.08. The molecule has 1 fully saturated rings. The molecular formula is C15H19N3O4. The molecule has 0 spiro atoms. The standard InChI is InChI=1S/C15H19N3O4/c1-10-5-11(2)7-17(6-10)13(19)8-18-15(20)22-14(16-18)12-3-4-21-9-12/h3-4,9-11H,5-8H2,1-2H3/t10-,11+. The van der Waals surface area contributed by atoms with Gasteiger partial charge >= 0.3 is 5.76 Å². The molecule has 0 saturated carbocycles. The summed E-state index contributed by atoms with van der Waals surface area (Å²) in [6.07, 6.45) is 4.03. The fourth-order valence-corrected chi connectivity index (χ4v) is 3.00. The lowest BCUT2D eigenvalue weighted by Gasteiger charge is -2.34. The Morgan fingerprint density at radius 1 is 1.36 bits per heavy atom. The SMILES string of the molecule is C[C@@H]1C[C@H](C)CN(C(=O)Cn2nc(-c3ccoc3)oc2=O)C1. The predicted octanol–water partition coefficient (Wildman–Crippen LogP) is 1.60. The van der Waals surface area contributed by atoms with Gasteiger partial charge in [0, 0.05) is 13.1 Å². The van der Waals surface area contributed by atoms with Crippen LogP contribution in [0.4, 0.5) is 0 Å². The zero-order valence-electron chi connectivity index (χ0n) is 12.7. The summed E-state index contributed by atoms with van der Waals surface area (Å²) in [5.41, 5.74) is 0.573. The normalized spacial score (nSPS) is 22.0. The highest BCUT2D eigenvalue weighted by Gasteiger charge is 2.26. The first-order chi connectivity index (χ1) is 10.5.